The smallest absolute Gasteiger partial charge is 0.317 e. The second kappa shape index (κ2) is 5.83. The van der Waals surface area contributed by atoms with Crippen LogP contribution >= 0.6 is 0 Å². The first kappa shape index (κ1) is 11.2. The molecule has 0 aliphatic heterocycles. The predicted octanol–water partition coefficient (Wildman–Crippen LogP) is 0.419. The second-order valence-electron chi connectivity index (χ2n) is 2.76. The number of nitrogens with zero attached hydrogens (tertiary/aromatic N) is 1. The number of rotatable bonds is 4. The highest BCUT2D eigenvalue weighted by Gasteiger charge is 2.07. The molecular formula is C8H18N2O2. The molecule has 0 aromatic rings. The van der Waals surface area contributed by atoms with E-state index < -0.39 is 6.10 Å². The molecule has 72 valence electrons. The third kappa shape index (κ3) is 4.18. The van der Waals surface area contributed by atoms with Crippen LogP contribution in [-0.2, 0) is 0 Å². The number of aliphatic hydroxyl groups excluding tert-OH is 1. The molecular weight excluding hydrogens is 156 g/mol. The van der Waals surface area contributed by atoms with Gasteiger partial charge in [0.1, 0.15) is 0 Å². The number of amides is 2. The zero-order valence-corrected chi connectivity index (χ0v) is 8.00. The van der Waals surface area contributed by atoms with E-state index in [0.29, 0.717) is 19.5 Å². The molecule has 0 aliphatic rings. The van der Waals surface area contributed by atoms with Gasteiger partial charge in [0.2, 0.25) is 0 Å². The van der Waals surface area contributed by atoms with Gasteiger partial charge in [-0.2, -0.15) is 0 Å². The van der Waals surface area contributed by atoms with E-state index in [4.69, 9.17) is 5.11 Å². The molecule has 4 nitrogen and oxygen atoms in total. The Hall–Kier alpha value is -0.770. The van der Waals surface area contributed by atoms with Gasteiger partial charge >= 0.3 is 6.03 Å². The van der Waals surface area contributed by atoms with E-state index in [-0.39, 0.29) is 6.03 Å². The summed E-state index contributed by atoms with van der Waals surface area (Å²) in [5, 5.41) is 11.7. The van der Waals surface area contributed by atoms with Gasteiger partial charge in [-0.05, 0) is 13.3 Å². The lowest BCUT2D eigenvalue weighted by Crippen LogP contribution is -2.40. The number of aliphatic hydroxyl groups is 1. The monoisotopic (exact) mass is 174 g/mol. The van der Waals surface area contributed by atoms with E-state index >= 15 is 0 Å². The van der Waals surface area contributed by atoms with E-state index in [2.05, 4.69) is 5.32 Å². The average Bonchev–Trinajstić information content (AvgIpc) is 2.11. The molecule has 0 saturated heterocycles. The summed E-state index contributed by atoms with van der Waals surface area (Å²) in [4.78, 5) is 12.7. The van der Waals surface area contributed by atoms with Crippen molar-refractivity contribution in [2.45, 2.75) is 26.4 Å². The predicted molar refractivity (Wildman–Crippen MR) is 48.0 cm³/mol. The first-order valence-corrected chi connectivity index (χ1v) is 4.28. The Morgan fingerprint density at radius 2 is 2.17 bits per heavy atom. The molecule has 2 amide bonds. The Morgan fingerprint density at radius 1 is 1.58 bits per heavy atom. The van der Waals surface area contributed by atoms with Crippen LogP contribution in [0.4, 0.5) is 4.79 Å². The van der Waals surface area contributed by atoms with Crippen molar-refractivity contribution in [2.75, 3.05) is 20.1 Å². The Morgan fingerprint density at radius 3 is 2.58 bits per heavy atom. The molecule has 0 saturated carbocycles. The molecule has 4 heteroatoms. The van der Waals surface area contributed by atoms with Crippen molar-refractivity contribution in [1.29, 1.82) is 0 Å². The summed E-state index contributed by atoms with van der Waals surface area (Å²) in [6.45, 7) is 4.78. The van der Waals surface area contributed by atoms with Crippen molar-refractivity contribution in [3.05, 3.63) is 0 Å². The zero-order valence-electron chi connectivity index (χ0n) is 8.00. The highest BCUT2D eigenvalue weighted by molar-refractivity contribution is 5.73. The summed E-state index contributed by atoms with van der Waals surface area (Å²) in [6, 6.07) is -0.134. The lowest BCUT2D eigenvalue weighted by atomic mass is 10.3. The maximum atomic E-state index is 11.1. The molecule has 0 bridgehead atoms. The highest BCUT2D eigenvalue weighted by atomic mass is 16.3. The summed E-state index contributed by atoms with van der Waals surface area (Å²) in [7, 11) is 1.72. The minimum atomic E-state index is -0.431. The van der Waals surface area contributed by atoms with Crippen molar-refractivity contribution in [1.82, 2.24) is 10.2 Å². The molecule has 0 fully saturated rings. The lowest BCUT2D eigenvalue weighted by molar-refractivity contribution is 0.160. The zero-order chi connectivity index (χ0) is 9.56. The van der Waals surface area contributed by atoms with Gasteiger partial charge in [0.05, 0.1) is 6.10 Å². The van der Waals surface area contributed by atoms with E-state index in [1.54, 1.807) is 11.9 Å². The first-order chi connectivity index (χ1) is 5.61. The topological polar surface area (TPSA) is 52.6 Å². The van der Waals surface area contributed by atoms with Gasteiger partial charge in [0.15, 0.2) is 0 Å². The van der Waals surface area contributed by atoms with Crippen molar-refractivity contribution < 1.29 is 9.90 Å². The van der Waals surface area contributed by atoms with Crippen LogP contribution in [-0.4, -0.2) is 42.3 Å². The van der Waals surface area contributed by atoms with E-state index in [1.807, 2.05) is 13.8 Å². The lowest BCUT2D eigenvalue weighted by Gasteiger charge is -2.16. The van der Waals surface area contributed by atoms with Gasteiger partial charge < -0.3 is 15.3 Å². The van der Waals surface area contributed by atoms with Gasteiger partial charge in [-0.15, -0.1) is 0 Å². The van der Waals surface area contributed by atoms with E-state index in [9.17, 15) is 4.79 Å². The maximum absolute atomic E-state index is 11.1. The largest absolute Gasteiger partial charge is 0.391 e. The third-order valence-corrected chi connectivity index (χ3v) is 1.78. The van der Waals surface area contributed by atoms with E-state index in [0.717, 1.165) is 0 Å². The summed E-state index contributed by atoms with van der Waals surface area (Å²) >= 11 is 0. The van der Waals surface area contributed by atoms with Gasteiger partial charge in [-0.1, -0.05) is 6.92 Å². The Bertz CT molecular complexity index is 139. The van der Waals surface area contributed by atoms with Crippen molar-refractivity contribution in [2.24, 2.45) is 0 Å². The molecule has 1 unspecified atom stereocenters. The molecule has 0 radical (unpaired) electrons. The number of urea groups is 1. The molecule has 0 aromatic heterocycles. The first-order valence-electron chi connectivity index (χ1n) is 4.28. The quantitative estimate of drug-likeness (QED) is 0.649. The number of hydrogen-bond donors (Lipinski definition) is 2. The molecule has 1 atom stereocenters. The minimum Gasteiger partial charge on any atom is -0.391 e. The Labute approximate surface area is 73.6 Å². The van der Waals surface area contributed by atoms with E-state index in [1.165, 1.54) is 0 Å². The van der Waals surface area contributed by atoms with Crippen LogP contribution in [0.15, 0.2) is 0 Å². The average molecular weight is 174 g/mol. The van der Waals surface area contributed by atoms with Crippen LogP contribution < -0.4 is 5.32 Å². The molecule has 0 aliphatic carbocycles. The van der Waals surface area contributed by atoms with Gasteiger partial charge in [-0.3, -0.25) is 0 Å². The fourth-order valence-electron chi connectivity index (χ4n) is 0.628. The summed E-state index contributed by atoms with van der Waals surface area (Å²) < 4.78 is 0. The molecule has 0 spiro atoms. The van der Waals surface area contributed by atoms with Crippen LogP contribution in [0.3, 0.4) is 0 Å². The number of carbonyl (C=O) groups excluding carboxylic acids is 1. The normalized spacial score (nSPS) is 12.3. The minimum absolute atomic E-state index is 0.134. The van der Waals surface area contributed by atoms with Crippen LogP contribution in [0.5, 0.6) is 0 Å². The van der Waals surface area contributed by atoms with Gasteiger partial charge in [0, 0.05) is 20.1 Å². The van der Waals surface area contributed by atoms with Crippen LogP contribution in [0.1, 0.15) is 20.3 Å². The van der Waals surface area contributed by atoms with Crippen molar-refractivity contribution in [3.63, 3.8) is 0 Å². The maximum Gasteiger partial charge on any atom is 0.317 e. The molecule has 0 rings (SSSR count). The Kier molecular flexibility index (Phi) is 5.45. The fraction of sp³-hybridized carbons (Fsp3) is 0.875. The highest BCUT2D eigenvalue weighted by Crippen LogP contribution is 1.88. The van der Waals surface area contributed by atoms with Gasteiger partial charge in [0.25, 0.3) is 0 Å². The Balaban J connectivity index is 3.56. The second-order valence-corrected chi connectivity index (χ2v) is 2.76. The van der Waals surface area contributed by atoms with Crippen LogP contribution in [0.25, 0.3) is 0 Å². The molecule has 0 aromatic carbocycles. The number of hydrogen-bond acceptors (Lipinski definition) is 2. The van der Waals surface area contributed by atoms with Crippen molar-refractivity contribution >= 4 is 6.03 Å². The standard InChI is InChI=1S/C8H18N2O2/c1-4-7(11)6-9-8(12)10(3)5-2/h7,11H,4-6H2,1-3H3,(H,9,12). The third-order valence-electron chi connectivity index (χ3n) is 1.78. The van der Waals surface area contributed by atoms with Crippen LogP contribution in [0.2, 0.25) is 0 Å². The SMILES string of the molecule is CCC(O)CNC(=O)N(C)CC. The number of nitrogens with one attached hydrogen (secondary N) is 1. The van der Waals surface area contributed by atoms with Crippen LogP contribution in [0, 0.1) is 0 Å². The molecule has 12 heavy (non-hydrogen) atoms. The molecule has 2 N–H and O–H groups in total. The summed E-state index contributed by atoms with van der Waals surface area (Å²) in [6.07, 6.45) is 0.232. The molecule has 0 heterocycles. The van der Waals surface area contributed by atoms with Crippen molar-refractivity contribution in [3.8, 4) is 0 Å². The van der Waals surface area contributed by atoms with Gasteiger partial charge in [-0.25, -0.2) is 4.79 Å². The fourth-order valence-corrected chi connectivity index (χ4v) is 0.628. The number of carbonyl (C=O) groups is 1. The summed E-state index contributed by atoms with van der Waals surface area (Å²) in [5.74, 6) is 0. The summed E-state index contributed by atoms with van der Waals surface area (Å²) in [5.41, 5.74) is 0.